The van der Waals surface area contributed by atoms with E-state index in [4.69, 9.17) is 14.6 Å². The van der Waals surface area contributed by atoms with Gasteiger partial charge in [-0.2, -0.15) is 0 Å². The van der Waals surface area contributed by atoms with Crippen LogP contribution < -0.4 is 0 Å². The van der Waals surface area contributed by atoms with Gasteiger partial charge in [-0.15, -0.1) is 0 Å². The van der Waals surface area contributed by atoms with E-state index in [0.29, 0.717) is 13.4 Å². The van der Waals surface area contributed by atoms with Gasteiger partial charge in [-0.25, -0.2) is 0 Å². The van der Waals surface area contributed by atoms with E-state index in [-0.39, 0.29) is 0 Å². The Hall–Kier alpha value is -0.120. The standard InChI is InChI=1S/C15H32O3/c1-2-3-4-5-7-10-13-17-15-18-14-11-8-6-9-12-16/h16H,2-15H2,1H3. The average Bonchev–Trinajstić information content (AvgIpc) is 2.39. The van der Waals surface area contributed by atoms with E-state index >= 15 is 0 Å². The molecule has 0 fully saturated rings. The zero-order chi connectivity index (χ0) is 13.3. The molecule has 3 nitrogen and oxygen atoms in total. The lowest BCUT2D eigenvalue weighted by Crippen LogP contribution is -2.03. The third-order valence-electron chi connectivity index (χ3n) is 3.01. The second-order valence-electron chi connectivity index (χ2n) is 4.84. The van der Waals surface area contributed by atoms with Crippen LogP contribution in [0.4, 0.5) is 0 Å². The summed E-state index contributed by atoms with van der Waals surface area (Å²) >= 11 is 0. The summed E-state index contributed by atoms with van der Waals surface area (Å²) in [5.74, 6) is 0. The van der Waals surface area contributed by atoms with Crippen LogP contribution in [-0.4, -0.2) is 31.7 Å². The fourth-order valence-electron chi connectivity index (χ4n) is 1.83. The lowest BCUT2D eigenvalue weighted by molar-refractivity contribution is -0.0556. The lowest BCUT2D eigenvalue weighted by Gasteiger charge is -2.05. The summed E-state index contributed by atoms with van der Waals surface area (Å²) in [6.45, 7) is 4.60. The van der Waals surface area contributed by atoms with Crippen LogP contribution in [0.3, 0.4) is 0 Å². The number of ether oxygens (including phenoxy) is 2. The van der Waals surface area contributed by atoms with Gasteiger partial charge in [0.05, 0.1) is 0 Å². The largest absolute Gasteiger partial charge is 0.396 e. The Morgan fingerprint density at radius 1 is 0.667 bits per heavy atom. The molecule has 0 unspecified atom stereocenters. The molecule has 0 spiro atoms. The first kappa shape index (κ1) is 17.9. The normalized spacial score (nSPS) is 11.0. The van der Waals surface area contributed by atoms with Gasteiger partial charge in [-0.3, -0.25) is 0 Å². The van der Waals surface area contributed by atoms with Gasteiger partial charge in [0.1, 0.15) is 6.79 Å². The molecule has 0 rings (SSSR count). The zero-order valence-electron chi connectivity index (χ0n) is 12.2. The molecule has 0 aliphatic heterocycles. The molecule has 0 aromatic carbocycles. The molecular weight excluding hydrogens is 228 g/mol. The Bertz CT molecular complexity index is 124. The molecule has 0 atom stereocenters. The van der Waals surface area contributed by atoms with Gasteiger partial charge in [-0.1, -0.05) is 51.9 Å². The minimum atomic E-state index is 0.308. The Morgan fingerprint density at radius 3 is 1.72 bits per heavy atom. The monoisotopic (exact) mass is 260 g/mol. The quantitative estimate of drug-likeness (QED) is 0.358. The highest BCUT2D eigenvalue weighted by Crippen LogP contribution is 2.05. The summed E-state index contributed by atoms with van der Waals surface area (Å²) in [6.07, 6.45) is 12.0. The maximum atomic E-state index is 8.61. The molecule has 0 aromatic heterocycles. The van der Waals surface area contributed by atoms with Crippen molar-refractivity contribution < 1.29 is 14.6 Å². The fourth-order valence-corrected chi connectivity index (χ4v) is 1.83. The number of aliphatic hydroxyl groups excluding tert-OH is 1. The van der Waals surface area contributed by atoms with Crippen molar-refractivity contribution in [3.05, 3.63) is 0 Å². The van der Waals surface area contributed by atoms with Gasteiger partial charge in [0, 0.05) is 19.8 Å². The summed E-state index contributed by atoms with van der Waals surface area (Å²) in [4.78, 5) is 0. The van der Waals surface area contributed by atoms with E-state index in [9.17, 15) is 0 Å². The fraction of sp³-hybridized carbons (Fsp3) is 1.00. The van der Waals surface area contributed by atoms with Gasteiger partial charge in [-0.05, 0) is 19.3 Å². The SMILES string of the molecule is CCCCCCCCOCOCCCCCCO. The molecule has 0 radical (unpaired) electrons. The van der Waals surface area contributed by atoms with E-state index in [2.05, 4.69) is 6.92 Å². The minimum Gasteiger partial charge on any atom is -0.396 e. The van der Waals surface area contributed by atoms with Crippen molar-refractivity contribution in [2.24, 2.45) is 0 Å². The van der Waals surface area contributed by atoms with Gasteiger partial charge < -0.3 is 14.6 Å². The van der Waals surface area contributed by atoms with Gasteiger partial charge in [0.15, 0.2) is 0 Å². The smallest absolute Gasteiger partial charge is 0.146 e. The highest BCUT2D eigenvalue weighted by Gasteiger charge is 1.92. The van der Waals surface area contributed by atoms with Crippen LogP contribution in [0.25, 0.3) is 0 Å². The second-order valence-corrected chi connectivity index (χ2v) is 4.84. The van der Waals surface area contributed by atoms with Gasteiger partial charge >= 0.3 is 0 Å². The van der Waals surface area contributed by atoms with Crippen LogP contribution in [-0.2, 0) is 9.47 Å². The second kappa shape index (κ2) is 16.9. The van der Waals surface area contributed by atoms with Crippen molar-refractivity contribution in [1.82, 2.24) is 0 Å². The first-order chi connectivity index (χ1) is 8.91. The Morgan fingerprint density at radius 2 is 1.17 bits per heavy atom. The molecule has 0 aliphatic carbocycles. The lowest BCUT2D eigenvalue weighted by atomic mass is 10.1. The molecular formula is C15H32O3. The number of hydrogen-bond acceptors (Lipinski definition) is 3. The molecule has 0 aromatic rings. The molecule has 18 heavy (non-hydrogen) atoms. The van der Waals surface area contributed by atoms with Crippen molar-refractivity contribution in [1.29, 1.82) is 0 Å². The first-order valence-electron chi connectivity index (χ1n) is 7.68. The highest BCUT2D eigenvalue weighted by atomic mass is 16.7. The van der Waals surface area contributed by atoms with Crippen molar-refractivity contribution in [2.75, 3.05) is 26.6 Å². The van der Waals surface area contributed by atoms with E-state index in [1.165, 1.54) is 32.1 Å². The number of aliphatic hydroxyl groups is 1. The molecule has 0 saturated heterocycles. The van der Waals surface area contributed by atoms with Gasteiger partial charge in [0.25, 0.3) is 0 Å². The molecule has 0 heterocycles. The first-order valence-corrected chi connectivity index (χ1v) is 7.68. The van der Waals surface area contributed by atoms with Crippen LogP contribution in [0.5, 0.6) is 0 Å². The summed E-state index contributed by atoms with van der Waals surface area (Å²) in [5, 5.41) is 8.61. The predicted molar refractivity (Wildman–Crippen MR) is 75.7 cm³/mol. The number of unbranched alkanes of at least 4 members (excludes halogenated alkanes) is 8. The van der Waals surface area contributed by atoms with Crippen molar-refractivity contribution in [3.8, 4) is 0 Å². The molecule has 1 N–H and O–H groups in total. The van der Waals surface area contributed by atoms with Crippen LogP contribution in [0, 0.1) is 0 Å². The van der Waals surface area contributed by atoms with Crippen LogP contribution in [0.1, 0.15) is 71.1 Å². The molecule has 3 heteroatoms. The van der Waals surface area contributed by atoms with Crippen LogP contribution in [0.2, 0.25) is 0 Å². The van der Waals surface area contributed by atoms with Crippen LogP contribution >= 0.6 is 0 Å². The summed E-state index contributed by atoms with van der Waals surface area (Å²) in [5.41, 5.74) is 0. The Balaban J connectivity index is 2.86. The van der Waals surface area contributed by atoms with Crippen molar-refractivity contribution in [2.45, 2.75) is 71.1 Å². The minimum absolute atomic E-state index is 0.308. The number of hydrogen-bond donors (Lipinski definition) is 1. The molecule has 110 valence electrons. The Kier molecular flexibility index (Phi) is 16.8. The predicted octanol–water partition coefficient (Wildman–Crippen LogP) is 3.89. The summed E-state index contributed by atoms with van der Waals surface area (Å²) in [6, 6.07) is 0. The molecule has 0 saturated carbocycles. The number of rotatable bonds is 15. The third kappa shape index (κ3) is 15.9. The summed E-state index contributed by atoms with van der Waals surface area (Å²) < 4.78 is 10.8. The van der Waals surface area contributed by atoms with Crippen molar-refractivity contribution >= 4 is 0 Å². The Labute approximate surface area is 113 Å². The highest BCUT2D eigenvalue weighted by molar-refractivity contribution is 4.43. The molecule has 0 aliphatic rings. The maximum absolute atomic E-state index is 8.61. The molecule has 0 bridgehead atoms. The third-order valence-corrected chi connectivity index (χ3v) is 3.01. The van der Waals surface area contributed by atoms with E-state index in [1.54, 1.807) is 0 Å². The van der Waals surface area contributed by atoms with Crippen molar-refractivity contribution in [3.63, 3.8) is 0 Å². The maximum Gasteiger partial charge on any atom is 0.146 e. The van der Waals surface area contributed by atoms with Gasteiger partial charge in [0.2, 0.25) is 0 Å². The topological polar surface area (TPSA) is 38.7 Å². The van der Waals surface area contributed by atoms with E-state index in [0.717, 1.165) is 45.3 Å². The molecule has 0 amide bonds. The van der Waals surface area contributed by atoms with Crippen LogP contribution in [0.15, 0.2) is 0 Å². The summed E-state index contributed by atoms with van der Waals surface area (Å²) in [7, 11) is 0. The van der Waals surface area contributed by atoms with E-state index < -0.39 is 0 Å². The zero-order valence-corrected chi connectivity index (χ0v) is 12.2. The average molecular weight is 260 g/mol. The van der Waals surface area contributed by atoms with E-state index in [1.807, 2.05) is 0 Å².